The molecule has 0 N–H and O–H groups in total. The van der Waals surface area contributed by atoms with Crippen LogP contribution in [0.3, 0.4) is 0 Å². The smallest absolute Gasteiger partial charge is 0.0640 e. The molecule has 2 heterocycles. The van der Waals surface area contributed by atoms with Gasteiger partial charge in [0.2, 0.25) is 0 Å². The Bertz CT molecular complexity index is 2460. The molecule has 202 valence electrons. The maximum Gasteiger partial charge on any atom is 0.0640 e. The summed E-state index contributed by atoms with van der Waals surface area (Å²) < 4.78 is 5.25. The molecule has 0 aliphatic carbocycles. The average Bonchev–Trinajstić information content (AvgIpc) is 3.64. The molecule has 0 bridgehead atoms. The van der Waals surface area contributed by atoms with Gasteiger partial charge in [0.05, 0.1) is 10.4 Å². The number of thiophene rings is 2. The van der Waals surface area contributed by atoms with Gasteiger partial charge in [-0.1, -0.05) is 109 Å². The van der Waals surface area contributed by atoms with E-state index in [2.05, 4.69) is 157 Å². The maximum atomic E-state index is 2.44. The van der Waals surface area contributed by atoms with E-state index in [1.807, 2.05) is 22.7 Å². The van der Waals surface area contributed by atoms with E-state index < -0.39 is 0 Å². The van der Waals surface area contributed by atoms with Crippen LogP contribution in [-0.4, -0.2) is 0 Å². The summed E-state index contributed by atoms with van der Waals surface area (Å²) in [6, 6.07) is 55.4. The lowest BCUT2D eigenvalue weighted by Crippen LogP contribution is -2.10. The van der Waals surface area contributed by atoms with Crippen LogP contribution in [0, 0.1) is 0 Å². The number of fused-ring (bicyclic) bond motifs is 7. The Hall–Kier alpha value is -4.96. The summed E-state index contributed by atoms with van der Waals surface area (Å²) in [6.45, 7) is 0. The van der Waals surface area contributed by atoms with Crippen molar-refractivity contribution in [3.8, 4) is 11.1 Å². The molecule has 0 radical (unpaired) electrons. The highest BCUT2D eigenvalue weighted by molar-refractivity contribution is 7.26. The van der Waals surface area contributed by atoms with Crippen LogP contribution in [0.4, 0.5) is 17.1 Å². The first-order valence-corrected chi connectivity index (χ1v) is 16.1. The van der Waals surface area contributed by atoms with Gasteiger partial charge in [0.1, 0.15) is 0 Å². The lowest BCUT2D eigenvalue weighted by Gasteiger charge is -2.26. The Morgan fingerprint density at radius 2 is 1.00 bits per heavy atom. The molecule has 0 saturated heterocycles. The third-order valence-corrected chi connectivity index (χ3v) is 10.8. The Morgan fingerprint density at radius 1 is 0.395 bits per heavy atom. The van der Waals surface area contributed by atoms with E-state index >= 15 is 0 Å². The van der Waals surface area contributed by atoms with E-state index in [4.69, 9.17) is 0 Å². The first kappa shape index (κ1) is 24.6. The van der Waals surface area contributed by atoms with Gasteiger partial charge in [-0.3, -0.25) is 0 Å². The summed E-state index contributed by atoms with van der Waals surface area (Å²) in [4.78, 5) is 2.44. The average molecular weight is 584 g/mol. The number of benzene rings is 7. The predicted molar refractivity (Wildman–Crippen MR) is 190 cm³/mol. The van der Waals surface area contributed by atoms with Crippen LogP contribution in [-0.2, 0) is 0 Å². The summed E-state index contributed by atoms with van der Waals surface area (Å²) in [7, 11) is 0. The van der Waals surface area contributed by atoms with Gasteiger partial charge in [-0.15, -0.1) is 22.7 Å². The van der Waals surface area contributed by atoms with E-state index in [0.717, 1.165) is 5.69 Å². The zero-order chi connectivity index (χ0) is 28.3. The van der Waals surface area contributed by atoms with Gasteiger partial charge in [0, 0.05) is 47.0 Å². The highest BCUT2D eigenvalue weighted by Gasteiger charge is 2.19. The molecule has 43 heavy (non-hydrogen) atoms. The minimum atomic E-state index is 1.15. The SMILES string of the molecule is c1ccc2c(-c3ccc(N(c4ccc5c(c4)sc4ccccc45)c4cccc5c4sc4ccccc45)cc3)cccc2c1. The van der Waals surface area contributed by atoms with E-state index in [-0.39, 0.29) is 0 Å². The van der Waals surface area contributed by atoms with Gasteiger partial charge in [0.25, 0.3) is 0 Å². The first-order chi connectivity index (χ1) is 21.3. The summed E-state index contributed by atoms with van der Waals surface area (Å²) in [5, 5.41) is 7.80. The summed E-state index contributed by atoms with van der Waals surface area (Å²) in [5.74, 6) is 0. The van der Waals surface area contributed by atoms with Gasteiger partial charge in [-0.05, 0) is 64.4 Å². The molecule has 0 aliphatic rings. The lowest BCUT2D eigenvalue weighted by molar-refractivity contribution is 1.31. The van der Waals surface area contributed by atoms with Gasteiger partial charge >= 0.3 is 0 Å². The van der Waals surface area contributed by atoms with Crippen LogP contribution >= 0.6 is 22.7 Å². The standard InChI is InChI=1S/C40H25NS2/c1-2-11-30-26(9-1)10-7-14-31(30)27-19-21-28(22-20-27)41(29-23-24-34-32-12-3-5-17-37(32)42-39(34)25-29)36-16-8-15-35-33-13-4-6-18-38(33)43-40(35)36/h1-25H. The molecule has 7 aromatic carbocycles. The highest BCUT2D eigenvalue weighted by Crippen LogP contribution is 2.46. The van der Waals surface area contributed by atoms with Crippen molar-refractivity contribution in [3.63, 3.8) is 0 Å². The van der Waals surface area contributed by atoms with Crippen LogP contribution in [0.5, 0.6) is 0 Å². The summed E-state index contributed by atoms with van der Waals surface area (Å²) in [5.41, 5.74) is 6.00. The fraction of sp³-hybridized carbons (Fsp3) is 0. The largest absolute Gasteiger partial charge is 0.309 e. The maximum absolute atomic E-state index is 2.44. The molecule has 0 atom stereocenters. The molecule has 3 heteroatoms. The molecular weight excluding hydrogens is 559 g/mol. The molecule has 0 spiro atoms. The van der Waals surface area contributed by atoms with Gasteiger partial charge in [-0.2, -0.15) is 0 Å². The van der Waals surface area contributed by atoms with Crippen molar-refractivity contribution >= 4 is 90.9 Å². The lowest BCUT2D eigenvalue weighted by atomic mass is 9.98. The van der Waals surface area contributed by atoms with E-state index in [1.54, 1.807) is 0 Å². The zero-order valence-corrected chi connectivity index (χ0v) is 24.8. The molecule has 0 amide bonds. The van der Waals surface area contributed by atoms with Crippen molar-refractivity contribution in [3.05, 3.63) is 152 Å². The molecule has 0 fully saturated rings. The third-order valence-electron chi connectivity index (χ3n) is 8.47. The Morgan fingerprint density at radius 3 is 1.84 bits per heavy atom. The van der Waals surface area contributed by atoms with Crippen LogP contribution in [0.25, 0.3) is 62.2 Å². The molecular formula is C40H25NS2. The van der Waals surface area contributed by atoms with Gasteiger partial charge in [0.15, 0.2) is 0 Å². The van der Waals surface area contributed by atoms with E-state index in [1.165, 1.54) is 73.6 Å². The van der Waals surface area contributed by atoms with Gasteiger partial charge < -0.3 is 4.90 Å². The fourth-order valence-electron chi connectivity index (χ4n) is 6.46. The molecule has 9 aromatic rings. The first-order valence-electron chi connectivity index (χ1n) is 14.5. The van der Waals surface area contributed by atoms with Crippen molar-refractivity contribution < 1.29 is 0 Å². The zero-order valence-electron chi connectivity index (χ0n) is 23.2. The molecule has 0 saturated carbocycles. The number of hydrogen-bond donors (Lipinski definition) is 0. The van der Waals surface area contributed by atoms with Crippen molar-refractivity contribution in [1.29, 1.82) is 0 Å². The quantitative estimate of drug-likeness (QED) is 0.199. The monoisotopic (exact) mass is 583 g/mol. The topological polar surface area (TPSA) is 3.24 Å². The van der Waals surface area contributed by atoms with E-state index in [0.29, 0.717) is 0 Å². The number of nitrogens with zero attached hydrogens (tertiary/aromatic N) is 1. The van der Waals surface area contributed by atoms with Crippen molar-refractivity contribution in [2.24, 2.45) is 0 Å². The second-order valence-corrected chi connectivity index (χ2v) is 13.1. The molecule has 1 nitrogen and oxygen atoms in total. The van der Waals surface area contributed by atoms with Crippen LogP contribution in [0.15, 0.2) is 152 Å². The molecule has 0 unspecified atom stereocenters. The molecule has 9 rings (SSSR count). The molecule has 2 aromatic heterocycles. The Balaban J connectivity index is 1.25. The summed E-state index contributed by atoms with van der Waals surface area (Å²) >= 11 is 3.74. The van der Waals surface area contributed by atoms with Crippen LogP contribution in [0.2, 0.25) is 0 Å². The van der Waals surface area contributed by atoms with Crippen molar-refractivity contribution in [1.82, 2.24) is 0 Å². The second-order valence-electron chi connectivity index (χ2n) is 10.9. The normalized spacial score (nSPS) is 11.7. The summed E-state index contributed by atoms with van der Waals surface area (Å²) in [6.07, 6.45) is 0. The minimum Gasteiger partial charge on any atom is -0.309 e. The van der Waals surface area contributed by atoms with E-state index in [9.17, 15) is 0 Å². The second kappa shape index (κ2) is 9.81. The predicted octanol–water partition coefficient (Wildman–Crippen LogP) is 12.7. The Kier molecular flexibility index (Phi) is 5.62. The van der Waals surface area contributed by atoms with Gasteiger partial charge in [-0.25, -0.2) is 0 Å². The highest BCUT2D eigenvalue weighted by atomic mass is 32.1. The van der Waals surface area contributed by atoms with Crippen molar-refractivity contribution in [2.45, 2.75) is 0 Å². The Labute approximate surface area is 257 Å². The van der Waals surface area contributed by atoms with Crippen LogP contribution in [0.1, 0.15) is 0 Å². The molecule has 0 aliphatic heterocycles. The third kappa shape index (κ3) is 3.97. The fourth-order valence-corrected chi connectivity index (χ4v) is 8.80. The number of rotatable bonds is 4. The number of anilines is 3. The van der Waals surface area contributed by atoms with Crippen LogP contribution < -0.4 is 4.90 Å². The number of hydrogen-bond acceptors (Lipinski definition) is 3. The minimum absolute atomic E-state index is 1.15. The van der Waals surface area contributed by atoms with Crippen molar-refractivity contribution in [2.75, 3.05) is 4.90 Å².